The SMILES string of the molecule is Cc1nc(C(=O)NCC(C)(C)O)sc1-c1cnc(NC(C)(C)C)cc1C(F)(F)F. The van der Waals surface area contributed by atoms with Crippen LogP contribution in [0.1, 0.15) is 55.7 Å². The van der Waals surface area contributed by atoms with Crippen molar-refractivity contribution in [3.05, 3.63) is 28.5 Å². The summed E-state index contributed by atoms with van der Waals surface area (Å²) in [7, 11) is 0. The van der Waals surface area contributed by atoms with Gasteiger partial charge in [-0.05, 0) is 47.6 Å². The Bertz CT molecular complexity index is 896. The number of amides is 1. The summed E-state index contributed by atoms with van der Waals surface area (Å²) >= 11 is 0.855. The van der Waals surface area contributed by atoms with Gasteiger partial charge in [-0.1, -0.05) is 0 Å². The van der Waals surface area contributed by atoms with Crippen molar-refractivity contribution in [3.8, 4) is 10.4 Å². The summed E-state index contributed by atoms with van der Waals surface area (Å²) in [5.41, 5.74) is -2.26. The van der Waals surface area contributed by atoms with Gasteiger partial charge in [0.15, 0.2) is 5.01 Å². The van der Waals surface area contributed by atoms with Crippen LogP contribution in [0.4, 0.5) is 19.0 Å². The number of carbonyl (C=O) groups excluding carboxylic acids is 1. The minimum atomic E-state index is -4.60. The number of hydrogen-bond donors (Lipinski definition) is 3. The Morgan fingerprint density at radius 2 is 1.83 bits per heavy atom. The fourth-order valence-corrected chi connectivity index (χ4v) is 3.45. The molecule has 2 heterocycles. The second kappa shape index (κ2) is 7.91. The van der Waals surface area contributed by atoms with Crippen LogP contribution in [0.15, 0.2) is 12.3 Å². The first-order valence-electron chi connectivity index (χ1n) is 8.91. The third-order valence-electron chi connectivity index (χ3n) is 3.63. The maximum atomic E-state index is 13.7. The van der Waals surface area contributed by atoms with E-state index in [1.807, 2.05) is 20.8 Å². The summed E-state index contributed by atoms with van der Waals surface area (Å²) in [5, 5.41) is 15.2. The van der Waals surface area contributed by atoms with Gasteiger partial charge in [0.25, 0.3) is 5.91 Å². The minimum absolute atomic E-state index is 0.0116. The summed E-state index contributed by atoms with van der Waals surface area (Å²) in [5.74, 6) is -0.446. The number of nitrogens with one attached hydrogen (secondary N) is 2. The molecule has 0 aliphatic carbocycles. The van der Waals surface area contributed by atoms with Crippen LogP contribution in [0.5, 0.6) is 0 Å². The summed E-state index contributed by atoms with van der Waals surface area (Å²) in [4.78, 5) is 20.7. The molecule has 6 nitrogen and oxygen atoms in total. The highest BCUT2D eigenvalue weighted by Gasteiger charge is 2.36. The molecule has 3 N–H and O–H groups in total. The number of thiazole rings is 1. The molecule has 0 spiro atoms. The van der Waals surface area contributed by atoms with Crippen LogP contribution in [0.25, 0.3) is 10.4 Å². The number of anilines is 1. The first-order chi connectivity index (χ1) is 13.1. The molecule has 2 rings (SSSR count). The van der Waals surface area contributed by atoms with Crippen LogP contribution in [-0.4, -0.2) is 38.7 Å². The van der Waals surface area contributed by atoms with E-state index >= 15 is 0 Å². The Balaban J connectivity index is 2.44. The summed E-state index contributed by atoms with van der Waals surface area (Å²) in [6.07, 6.45) is -3.46. The largest absolute Gasteiger partial charge is 0.417 e. The number of pyridine rings is 1. The fraction of sp³-hybridized carbons (Fsp3) is 0.526. The zero-order chi connectivity index (χ0) is 22.2. The topological polar surface area (TPSA) is 87.1 Å². The van der Waals surface area contributed by atoms with Gasteiger partial charge < -0.3 is 15.7 Å². The number of aliphatic hydroxyl groups is 1. The fourth-order valence-electron chi connectivity index (χ4n) is 2.44. The van der Waals surface area contributed by atoms with Crippen molar-refractivity contribution in [1.82, 2.24) is 15.3 Å². The average Bonchev–Trinajstić information content (AvgIpc) is 2.91. The van der Waals surface area contributed by atoms with Gasteiger partial charge in [-0.15, -0.1) is 11.3 Å². The molecule has 2 aromatic heterocycles. The van der Waals surface area contributed by atoms with E-state index < -0.39 is 28.8 Å². The molecule has 0 aliphatic heterocycles. The highest BCUT2D eigenvalue weighted by atomic mass is 32.1. The lowest BCUT2D eigenvalue weighted by atomic mass is 10.1. The summed E-state index contributed by atoms with van der Waals surface area (Å²) < 4.78 is 41.2. The molecule has 0 aliphatic rings. The first kappa shape index (κ1) is 23.1. The van der Waals surface area contributed by atoms with Crippen molar-refractivity contribution < 1.29 is 23.1 Å². The monoisotopic (exact) mass is 430 g/mol. The zero-order valence-corrected chi connectivity index (χ0v) is 18.0. The quantitative estimate of drug-likeness (QED) is 0.660. The normalized spacial score (nSPS) is 12.8. The number of aromatic nitrogens is 2. The Morgan fingerprint density at radius 1 is 1.21 bits per heavy atom. The van der Waals surface area contributed by atoms with Gasteiger partial charge in [-0.3, -0.25) is 4.79 Å². The van der Waals surface area contributed by atoms with Crippen LogP contribution < -0.4 is 10.6 Å². The van der Waals surface area contributed by atoms with E-state index in [2.05, 4.69) is 20.6 Å². The van der Waals surface area contributed by atoms with E-state index in [-0.39, 0.29) is 27.8 Å². The molecular weight excluding hydrogens is 405 g/mol. The van der Waals surface area contributed by atoms with E-state index in [4.69, 9.17) is 0 Å². The molecule has 160 valence electrons. The second-order valence-electron chi connectivity index (χ2n) is 8.42. The smallest absolute Gasteiger partial charge is 0.389 e. The molecule has 10 heteroatoms. The van der Waals surface area contributed by atoms with Gasteiger partial charge in [0.2, 0.25) is 0 Å². The van der Waals surface area contributed by atoms with Crippen molar-refractivity contribution in [3.63, 3.8) is 0 Å². The van der Waals surface area contributed by atoms with Crippen LogP contribution in [0.2, 0.25) is 0 Å². The Kier molecular flexibility index (Phi) is 6.29. The number of nitrogens with zero attached hydrogens (tertiary/aromatic N) is 2. The maximum Gasteiger partial charge on any atom is 0.417 e. The summed E-state index contributed by atoms with van der Waals surface area (Å²) in [6, 6.07) is 0.966. The number of rotatable bonds is 5. The van der Waals surface area contributed by atoms with Crippen molar-refractivity contribution in [2.24, 2.45) is 0 Å². The van der Waals surface area contributed by atoms with Gasteiger partial charge >= 0.3 is 6.18 Å². The van der Waals surface area contributed by atoms with Gasteiger partial charge in [-0.25, -0.2) is 9.97 Å². The first-order valence-corrected chi connectivity index (χ1v) is 9.72. The molecule has 2 aromatic rings. The predicted octanol–water partition coefficient (Wildman–Crippen LogP) is 4.24. The van der Waals surface area contributed by atoms with Gasteiger partial charge in [0.05, 0.1) is 21.7 Å². The molecule has 1 amide bonds. The summed E-state index contributed by atoms with van der Waals surface area (Å²) in [6.45, 7) is 10.0. The van der Waals surface area contributed by atoms with E-state index in [1.165, 1.54) is 13.8 Å². The number of aryl methyl sites for hydroxylation is 1. The number of hydrogen-bond acceptors (Lipinski definition) is 6. The van der Waals surface area contributed by atoms with Crippen molar-refractivity contribution >= 4 is 23.1 Å². The number of halogens is 3. The van der Waals surface area contributed by atoms with Gasteiger partial charge in [0.1, 0.15) is 5.82 Å². The number of alkyl halides is 3. The Labute approximate surface area is 171 Å². The highest BCUT2D eigenvalue weighted by Crippen LogP contribution is 2.41. The lowest BCUT2D eigenvalue weighted by Crippen LogP contribution is -2.38. The second-order valence-corrected chi connectivity index (χ2v) is 9.42. The third-order valence-corrected chi connectivity index (χ3v) is 4.82. The Hall–Kier alpha value is -2.20. The molecule has 29 heavy (non-hydrogen) atoms. The molecule has 0 saturated carbocycles. The zero-order valence-electron chi connectivity index (χ0n) is 17.2. The van der Waals surface area contributed by atoms with Crippen LogP contribution in [0.3, 0.4) is 0 Å². The molecule has 0 aromatic carbocycles. The molecule has 0 atom stereocenters. The lowest BCUT2D eigenvalue weighted by molar-refractivity contribution is -0.137. The van der Waals surface area contributed by atoms with Crippen LogP contribution in [-0.2, 0) is 6.18 Å². The van der Waals surface area contributed by atoms with Crippen molar-refractivity contribution in [1.29, 1.82) is 0 Å². The molecular formula is C19H25F3N4O2S. The van der Waals surface area contributed by atoms with E-state index in [9.17, 15) is 23.1 Å². The predicted molar refractivity (Wildman–Crippen MR) is 107 cm³/mol. The number of carbonyl (C=O) groups is 1. The minimum Gasteiger partial charge on any atom is -0.389 e. The standard InChI is InChI=1S/C19H25F3N4O2S/c1-10-14(29-16(25-10)15(27)24-9-18(5,6)28)11-8-23-13(26-17(2,3)4)7-12(11)19(20,21)22/h7-8,28H,9H2,1-6H3,(H,23,26)(H,24,27). The Morgan fingerprint density at radius 3 is 2.34 bits per heavy atom. The lowest BCUT2D eigenvalue weighted by Gasteiger charge is -2.22. The van der Waals surface area contributed by atoms with E-state index in [0.717, 1.165) is 23.6 Å². The third kappa shape index (κ3) is 6.40. The van der Waals surface area contributed by atoms with E-state index in [0.29, 0.717) is 5.69 Å². The maximum absolute atomic E-state index is 13.7. The molecule has 0 fully saturated rings. The van der Waals surface area contributed by atoms with Gasteiger partial charge in [0, 0.05) is 23.8 Å². The van der Waals surface area contributed by atoms with Gasteiger partial charge in [-0.2, -0.15) is 13.2 Å². The molecule has 0 radical (unpaired) electrons. The molecule has 0 bridgehead atoms. The van der Waals surface area contributed by atoms with Crippen LogP contribution in [0, 0.1) is 6.92 Å². The highest BCUT2D eigenvalue weighted by molar-refractivity contribution is 7.17. The average molecular weight is 430 g/mol. The molecule has 0 saturated heterocycles. The van der Waals surface area contributed by atoms with Crippen LogP contribution >= 0.6 is 11.3 Å². The van der Waals surface area contributed by atoms with Crippen molar-refractivity contribution in [2.45, 2.75) is 58.9 Å². The molecule has 0 unspecified atom stereocenters. The van der Waals surface area contributed by atoms with E-state index in [1.54, 1.807) is 6.92 Å². The van der Waals surface area contributed by atoms with Crippen molar-refractivity contribution in [2.75, 3.05) is 11.9 Å².